The molecule has 0 amide bonds. The molecule has 39 heavy (non-hydrogen) atoms. The number of thioether (sulfide) groups is 1. The van der Waals surface area contributed by atoms with Gasteiger partial charge < -0.3 is 5.32 Å². The highest BCUT2D eigenvalue weighted by atomic mass is 32.2. The van der Waals surface area contributed by atoms with E-state index >= 15 is 4.39 Å². The average Bonchev–Trinajstić information content (AvgIpc) is 2.88. The van der Waals surface area contributed by atoms with Crippen LogP contribution < -0.4 is 5.32 Å². The summed E-state index contributed by atoms with van der Waals surface area (Å²) in [6, 6.07) is 9.14. The Labute approximate surface area is 239 Å². The number of allylic oxidation sites excluding steroid dienone is 9. The third-order valence-electron chi connectivity index (χ3n) is 6.65. The van der Waals surface area contributed by atoms with E-state index in [1.165, 1.54) is 23.4 Å². The summed E-state index contributed by atoms with van der Waals surface area (Å²) in [5.41, 5.74) is 10.1. The molecule has 1 aliphatic heterocycles. The maximum Gasteiger partial charge on any atom is 0.131 e. The fraction of sp³-hybridized carbons (Fsp3) is 0.382. The summed E-state index contributed by atoms with van der Waals surface area (Å²) in [5.74, 6) is -0.151. The summed E-state index contributed by atoms with van der Waals surface area (Å²) < 4.78 is 15.5. The monoisotopic (exact) mass is 543 g/mol. The van der Waals surface area contributed by atoms with E-state index in [0.29, 0.717) is 16.4 Å². The Bertz CT molecular complexity index is 1320. The van der Waals surface area contributed by atoms with E-state index in [0.717, 1.165) is 64.4 Å². The van der Waals surface area contributed by atoms with Gasteiger partial charge in [-0.3, -0.25) is 4.99 Å². The van der Waals surface area contributed by atoms with Crippen LogP contribution in [0, 0.1) is 29.0 Å². The smallest absolute Gasteiger partial charge is 0.131 e. The molecule has 1 heterocycles. The molecule has 0 spiro atoms. The lowest BCUT2D eigenvalue weighted by Gasteiger charge is -2.25. The molecule has 1 aromatic rings. The van der Waals surface area contributed by atoms with Crippen molar-refractivity contribution in [2.45, 2.75) is 54.4 Å². The lowest BCUT2D eigenvalue weighted by molar-refractivity contribution is 0.558. The Morgan fingerprint density at radius 2 is 1.95 bits per heavy atom. The average molecular weight is 544 g/mol. The Kier molecular flexibility index (Phi) is 12.7. The number of aliphatic imine (C=N–C) groups is 1. The molecule has 0 radical (unpaired) electrons. The second-order valence-corrected chi connectivity index (χ2v) is 11.3. The molecule has 1 unspecified atom stereocenters. The number of benzene rings is 1. The molecule has 2 rings (SSSR count). The van der Waals surface area contributed by atoms with Crippen LogP contribution in [0.5, 0.6) is 0 Å². The topological polar surface area (TPSA) is 48.2 Å². The summed E-state index contributed by atoms with van der Waals surface area (Å²) in [6.07, 6.45) is 6.26. The molecule has 206 valence electrons. The number of nitriles is 1. The van der Waals surface area contributed by atoms with Crippen LogP contribution in [0.4, 0.5) is 4.39 Å². The van der Waals surface area contributed by atoms with Gasteiger partial charge in [0.25, 0.3) is 0 Å². The highest BCUT2D eigenvalue weighted by molar-refractivity contribution is 8.07. The fourth-order valence-electron chi connectivity index (χ4n) is 4.65. The SMILES string of the molecule is C=C=C(SC(C#N)=C(C)C)C(C)\C=C(C(/C(C)=N\C)=C(C(=C)C)\C1=C/[C@@H](C)CNCCC1)\c1ccccc1F. The predicted octanol–water partition coefficient (Wildman–Crippen LogP) is 8.97. The summed E-state index contributed by atoms with van der Waals surface area (Å²) >= 11 is 1.36. The first-order chi connectivity index (χ1) is 18.5. The largest absolute Gasteiger partial charge is 0.316 e. The van der Waals surface area contributed by atoms with Crippen LogP contribution in [0.1, 0.15) is 59.9 Å². The van der Waals surface area contributed by atoms with E-state index in [4.69, 9.17) is 0 Å². The first kappa shape index (κ1) is 32.1. The molecule has 2 atom stereocenters. The van der Waals surface area contributed by atoms with Crippen LogP contribution in [0.15, 0.2) is 98.0 Å². The highest BCUT2D eigenvalue weighted by Crippen LogP contribution is 2.39. The van der Waals surface area contributed by atoms with E-state index in [1.54, 1.807) is 13.1 Å². The third-order valence-corrected chi connectivity index (χ3v) is 8.09. The molecule has 1 aromatic carbocycles. The minimum atomic E-state index is -0.304. The van der Waals surface area contributed by atoms with Gasteiger partial charge in [-0.1, -0.05) is 80.3 Å². The highest BCUT2D eigenvalue weighted by Gasteiger charge is 2.24. The van der Waals surface area contributed by atoms with Gasteiger partial charge in [-0.2, -0.15) is 5.26 Å². The van der Waals surface area contributed by atoms with E-state index in [9.17, 15) is 5.26 Å². The molecule has 0 fully saturated rings. The molecule has 1 aliphatic rings. The van der Waals surface area contributed by atoms with Crippen molar-refractivity contribution in [3.8, 4) is 6.07 Å². The maximum absolute atomic E-state index is 15.5. The van der Waals surface area contributed by atoms with Crippen molar-refractivity contribution >= 4 is 23.0 Å². The molecule has 0 aromatic heterocycles. The summed E-state index contributed by atoms with van der Waals surface area (Å²) in [7, 11) is 1.77. The number of halogens is 1. The Hall–Kier alpha value is -3.16. The van der Waals surface area contributed by atoms with Crippen molar-refractivity contribution in [1.82, 2.24) is 5.32 Å². The lowest BCUT2D eigenvalue weighted by Crippen LogP contribution is -2.24. The van der Waals surface area contributed by atoms with Gasteiger partial charge in [0, 0.05) is 41.3 Å². The quantitative estimate of drug-likeness (QED) is 0.146. The zero-order valence-corrected chi connectivity index (χ0v) is 25.4. The second-order valence-electron chi connectivity index (χ2n) is 10.2. The molecule has 3 nitrogen and oxygen atoms in total. The third kappa shape index (κ3) is 8.67. The van der Waals surface area contributed by atoms with Crippen molar-refractivity contribution in [3.05, 3.63) is 104 Å². The van der Waals surface area contributed by atoms with Gasteiger partial charge in [0.2, 0.25) is 0 Å². The first-order valence-corrected chi connectivity index (χ1v) is 14.2. The minimum absolute atomic E-state index is 0.190. The maximum atomic E-state index is 15.5. The van der Waals surface area contributed by atoms with Crippen LogP contribution >= 0.6 is 11.8 Å². The molecular formula is C34H42FN3S. The molecule has 5 heteroatoms. The van der Waals surface area contributed by atoms with Crippen LogP contribution in [0.3, 0.4) is 0 Å². The molecular weight excluding hydrogens is 501 g/mol. The lowest BCUT2D eigenvalue weighted by atomic mass is 9.81. The molecule has 0 saturated heterocycles. The van der Waals surface area contributed by atoms with Crippen LogP contribution in [0.25, 0.3) is 5.57 Å². The standard InChI is InChI=1S/C34H42FN3S/c1-10-31(39-32(20-36)22(2)3)25(7)19-29(28-15-11-12-16-30(28)35)34(26(8)37-9)33(23(4)5)27-14-13-17-38-21-24(6)18-27/h11-12,15-16,18-19,24-25,38H,1,4,13-14,17,21H2,2-3,5-9H3/b27-18-,29-19-,34-33-,37-26-/t24-,25?/m1/s1. The first-order valence-electron chi connectivity index (χ1n) is 13.4. The van der Waals surface area contributed by atoms with E-state index < -0.39 is 0 Å². The number of rotatable bonds is 9. The van der Waals surface area contributed by atoms with Crippen molar-refractivity contribution < 1.29 is 4.39 Å². The van der Waals surface area contributed by atoms with E-state index in [2.05, 4.69) is 54.3 Å². The van der Waals surface area contributed by atoms with Gasteiger partial charge in [-0.05, 0) is 75.8 Å². The zero-order valence-electron chi connectivity index (χ0n) is 24.5. The van der Waals surface area contributed by atoms with Gasteiger partial charge >= 0.3 is 0 Å². The van der Waals surface area contributed by atoms with E-state index in [1.807, 2.05) is 46.8 Å². The summed E-state index contributed by atoms with van der Waals surface area (Å²) in [4.78, 5) is 6.02. The van der Waals surface area contributed by atoms with Gasteiger partial charge in [-0.15, -0.1) is 5.73 Å². The molecule has 0 saturated carbocycles. The Balaban J connectivity index is 2.96. The van der Waals surface area contributed by atoms with Gasteiger partial charge in [0.1, 0.15) is 11.9 Å². The van der Waals surface area contributed by atoms with Crippen LogP contribution in [-0.4, -0.2) is 25.8 Å². The zero-order chi connectivity index (χ0) is 29.1. The van der Waals surface area contributed by atoms with Crippen molar-refractivity contribution in [3.63, 3.8) is 0 Å². The number of nitrogens with one attached hydrogen (secondary N) is 1. The summed E-state index contributed by atoms with van der Waals surface area (Å²) in [6.45, 7) is 22.2. The Morgan fingerprint density at radius 3 is 2.51 bits per heavy atom. The van der Waals surface area contributed by atoms with E-state index in [-0.39, 0.29) is 11.7 Å². The number of hydrogen-bond acceptors (Lipinski definition) is 4. The second kappa shape index (κ2) is 15.4. The van der Waals surface area contributed by atoms with Gasteiger partial charge in [0.05, 0.1) is 4.91 Å². The van der Waals surface area contributed by atoms with Crippen LogP contribution in [0.2, 0.25) is 0 Å². The van der Waals surface area contributed by atoms with Crippen LogP contribution in [-0.2, 0) is 0 Å². The minimum Gasteiger partial charge on any atom is -0.316 e. The van der Waals surface area contributed by atoms with Crippen molar-refractivity contribution in [1.29, 1.82) is 5.26 Å². The Morgan fingerprint density at radius 1 is 1.26 bits per heavy atom. The van der Waals surface area contributed by atoms with Crippen molar-refractivity contribution in [2.75, 3.05) is 20.1 Å². The fourth-order valence-corrected chi connectivity index (χ4v) is 5.44. The summed E-state index contributed by atoms with van der Waals surface area (Å²) in [5, 5.41) is 13.2. The van der Waals surface area contributed by atoms with Gasteiger partial charge in [0.15, 0.2) is 0 Å². The molecule has 0 bridgehead atoms. The number of hydrogen-bond donors (Lipinski definition) is 1. The van der Waals surface area contributed by atoms with Crippen molar-refractivity contribution in [2.24, 2.45) is 16.8 Å². The molecule has 0 aliphatic carbocycles. The predicted molar refractivity (Wildman–Crippen MR) is 168 cm³/mol. The normalized spacial score (nSPS) is 19.3. The van der Waals surface area contributed by atoms with Gasteiger partial charge in [-0.25, -0.2) is 4.39 Å². The molecule has 1 N–H and O–H groups in total. The number of nitrogens with zero attached hydrogens (tertiary/aromatic N) is 2.